The molecule has 186 valence electrons. The van der Waals surface area contributed by atoms with Gasteiger partial charge in [0.05, 0.1) is 12.2 Å². The van der Waals surface area contributed by atoms with Gasteiger partial charge in [0.1, 0.15) is 24.2 Å². The molecular formula is C20H39N5O7. The zero-order valence-electron chi connectivity index (χ0n) is 19.2. The Morgan fingerprint density at radius 1 is 0.812 bits per heavy atom. The number of aliphatic hydroxyl groups excluding tert-OH is 2. The van der Waals surface area contributed by atoms with Gasteiger partial charge in [-0.25, -0.2) is 4.79 Å². The fourth-order valence-corrected chi connectivity index (χ4v) is 2.86. The summed E-state index contributed by atoms with van der Waals surface area (Å²) in [5.41, 5.74) is 11.1. The molecule has 0 radical (unpaired) electrons. The van der Waals surface area contributed by atoms with E-state index in [-0.39, 0.29) is 18.8 Å². The highest BCUT2D eigenvalue weighted by atomic mass is 16.4. The van der Waals surface area contributed by atoms with Crippen LogP contribution < -0.4 is 27.4 Å². The minimum Gasteiger partial charge on any atom is -0.480 e. The van der Waals surface area contributed by atoms with Crippen molar-refractivity contribution in [3.63, 3.8) is 0 Å². The summed E-state index contributed by atoms with van der Waals surface area (Å²) in [4.78, 5) is 49.1. The van der Waals surface area contributed by atoms with Crippen molar-refractivity contribution < 1.29 is 34.5 Å². The lowest BCUT2D eigenvalue weighted by molar-refractivity contribution is -0.143. The third-order valence-electron chi connectivity index (χ3n) is 4.79. The van der Waals surface area contributed by atoms with E-state index in [0.717, 1.165) is 0 Å². The molecule has 0 fully saturated rings. The number of hydrogen-bond acceptors (Lipinski definition) is 8. The van der Waals surface area contributed by atoms with Crippen LogP contribution in [0.1, 0.15) is 53.4 Å². The van der Waals surface area contributed by atoms with Gasteiger partial charge in [-0.3, -0.25) is 14.4 Å². The Kier molecular flexibility index (Phi) is 13.7. The summed E-state index contributed by atoms with van der Waals surface area (Å²) in [6, 6.07) is -5.00. The zero-order chi connectivity index (χ0) is 25.0. The second kappa shape index (κ2) is 14.7. The summed E-state index contributed by atoms with van der Waals surface area (Å²) in [6.45, 7) is 6.57. The Bertz CT molecular complexity index is 627. The van der Waals surface area contributed by atoms with Gasteiger partial charge in [-0.2, -0.15) is 0 Å². The molecule has 0 saturated carbocycles. The third kappa shape index (κ3) is 10.8. The van der Waals surface area contributed by atoms with Crippen molar-refractivity contribution >= 4 is 23.7 Å². The average molecular weight is 462 g/mol. The van der Waals surface area contributed by atoms with Crippen LogP contribution in [0.5, 0.6) is 0 Å². The number of amides is 3. The van der Waals surface area contributed by atoms with E-state index in [4.69, 9.17) is 11.5 Å². The Morgan fingerprint density at radius 3 is 1.81 bits per heavy atom. The Hall–Kier alpha value is -2.28. The third-order valence-corrected chi connectivity index (χ3v) is 4.79. The molecule has 12 heteroatoms. The lowest BCUT2D eigenvalue weighted by Crippen LogP contribution is -2.60. The van der Waals surface area contributed by atoms with Crippen molar-refractivity contribution in [3.05, 3.63) is 0 Å². The summed E-state index contributed by atoms with van der Waals surface area (Å²) in [5.74, 6) is -3.63. The number of nitrogens with two attached hydrogens (primary N) is 2. The van der Waals surface area contributed by atoms with E-state index < -0.39 is 60.1 Å². The molecule has 0 heterocycles. The van der Waals surface area contributed by atoms with Gasteiger partial charge in [0.25, 0.3) is 0 Å². The van der Waals surface area contributed by atoms with Crippen LogP contribution in [-0.2, 0) is 19.2 Å². The second-order valence-corrected chi connectivity index (χ2v) is 8.37. The maximum Gasteiger partial charge on any atom is 0.326 e. The van der Waals surface area contributed by atoms with Crippen LogP contribution in [0.2, 0.25) is 0 Å². The molecule has 0 aromatic heterocycles. The molecule has 0 saturated heterocycles. The number of unbranched alkanes of at least 4 members (excludes halogenated alkanes) is 1. The summed E-state index contributed by atoms with van der Waals surface area (Å²) < 4.78 is 0. The van der Waals surface area contributed by atoms with Gasteiger partial charge in [0.2, 0.25) is 17.7 Å². The highest BCUT2D eigenvalue weighted by Gasteiger charge is 2.33. The van der Waals surface area contributed by atoms with Crippen LogP contribution in [-0.4, -0.2) is 81.9 Å². The number of hydrogen-bond donors (Lipinski definition) is 8. The number of aliphatic carboxylic acids is 1. The van der Waals surface area contributed by atoms with Crippen molar-refractivity contribution in [2.45, 2.75) is 89.8 Å². The van der Waals surface area contributed by atoms with Gasteiger partial charge >= 0.3 is 5.97 Å². The van der Waals surface area contributed by atoms with E-state index in [9.17, 15) is 34.5 Å². The molecule has 10 N–H and O–H groups in total. The highest BCUT2D eigenvalue weighted by molar-refractivity contribution is 5.94. The smallest absolute Gasteiger partial charge is 0.326 e. The van der Waals surface area contributed by atoms with Crippen molar-refractivity contribution in [1.82, 2.24) is 16.0 Å². The minimum absolute atomic E-state index is 0.0174. The first-order chi connectivity index (χ1) is 14.8. The molecule has 0 bridgehead atoms. The maximum atomic E-state index is 12.8. The van der Waals surface area contributed by atoms with Gasteiger partial charge < -0.3 is 42.7 Å². The predicted octanol–water partition coefficient (Wildman–Crippen LogP) is -2.21. The van der Waals surface area contributed by atoms with Gasteiger partial charge in [0.15, 0.2) is 0 Å². The zero-order valence-corrected chi connectivity index (χ0v) is 19.2. The standard InChI is InChI=1S/C20H39N5O7/c1-10(2)9-14(20(31)32)24-19(30)16(12(4)27)25-17(28)13(7-5-6-8-21)23-18(29)15(22)11(3)26/h10-16,26-27H,5-9,21-22H2,1-4H3,(H,23,29)(H,24,30)(H,25,28)(H,31,32). The molecule has 0 spiro atoms. The van der Waals surface area contributed by atoms with Gasteiger partial charge in [0, 0.05) is 0 Å². The molecule has 3 amide bonds. The summed E-state index contributed by atoms with van der Waals surface area (Å²) >= 11 is 0. The van der Waals surface area contributed by atoms with E-state index in [2.05, 4.69) is 16.0 Å². The van der Waals surface area contributed by atoms with Gasteiger partial charge in [-0.15, -0.1) is 0 Å². The molecule has 32 heavy (non-hydrogen) atoms. The second-order valence-electron chi connectivity index (χ2n) is 8.37. The van der Waals surface area contributed by atoms with Crippen LogP contribution in [0, 0.1) is 5.92 Å². The molecule has 6 atom stereocenters. The first-order valence-electron chi connectivity index (χ1n) is 10.8. The van der Waals surface area contributed by atoms with Crippen molar-refractivity contribution in [3.8, 4) is 0 Å². The number of rotatable bonds is 15. The lowest BCUT2D eigenvalue weighted by Gasteiger charge is -2.27. The van der Waals surface area contributed by atoms with E-state index in [0.29, 0.717) is 19.4 Å². The van der Waals surface area contributed by atoms with Crippen molar-refractivity contribution in [2.24, 2.45) is 17.4 Å². The van der Waals surface area contributed by atoms with Crippen molar-refractivity contribution in [2.75, 3.05) is 6.54 Å². The van der Waals surface area contributed by atoms with Crippen LogP contribution >= 0.6 is 0 Å². The Balaban J connectivity index is 5.42. The van der Waals surface area contributed by atoms with Crippen LogP contribution in [0.4, 0.5) is 0 Å². The SMILES string of the molecule is CC(C)CC(NC(=O)C(NC(=O)C(CCCCN)NC(=O)C(N)C(C)O)C(C)O)C(=O)O. The molecule has 0 aromatic rings. The molecule has 6 unspecified atom stereocenters. The molecule has 0 rings (SSSR count). The average Bonchev–Trinajstić information content (AvgIpc) is 2.68. The first kappa shape index (κ1) is 29.7. The fraction of sp³-hybridized carbons (Fsp3) is 0.800. The molecule has 0 aliphatic carbocycles. The highest BCUT2D eigenvalue weighted by Crippen LogP contribution is 2.07. The van der Waals surface area contributed by atoms with Crippen LogP contribution in [0.25, 0.3) is 0 Å². The number of aliphatic hydroxyl groups is 2. The van der Waals surface area contributed by atoms with Crippen LogP contribution in [0.3, 0.4) is 0 Å². The number of carboxylic acids is 1. The molecular weight excluding hydrogens is 422 g/mol. The summed E-state index contributed by atoms with van der Waals surface area (Å²) in [6.07, 6.45) is -1.07. The monoisotopic (exact) mass is 461 g/mol. The van der Waals surface area contributed by atoms with Crippen molar-refractivity contribution in [1.29, 1.82) is 0 Å². The number of carboxylic acid groups (broad SMARTS) is 1. The van der Waals surface area contributed by atoms with E-state index in [1.54, 1.807) is 13.8 Å². The molecule has 12 nitrogen and oxygen atoms in total. The van der Waals surface area contributed by atoms with Crippen LogP contribution in [0.15, 0.2) is 0 Å². The topological polar surface area (TPSA) is 217 Å². The number of carbonyl (C=O) groups is 4. The largest absolute Gasteiger partial charge is 0.480 e. The predicted molar refractivity (Wildman–Crippen MR) is 117 cm³/mol. The normalized spacial score (nSPS) is 16.9. The van der Waals surface area contributed by atoms with Gasteiger partial charge in [-0.05, 0) is 52.0 Å². The number of carbonyl (C=O) groups excluding carboxylic acids is 3. The summed E-state index contributed by atoms with van der Waals surface area (Å²) in [5, 5.41) is 36.0. The Morgan fingerprint density at radius 2 is 1.38 bits per heavy atom. The molecule has 0 aromatic carbocycles. The molecule has 0 aliphatic rings. The Labute approximate surface area is 188 Å². The fourth-order valence-electron chi connectivity index (χ4n) is 2.86. The summed E-state index contributed by atoms with van der Waals surface area (Å²) in [7, 11) is 0. The molecule has 0 aliphatic heterocycles. The maximum absolute atomic E-state index is 12.8. The van der Waals surface area contributed by atoms with E-state index in [1.165, 1.54) is 13.8 Å². The first-order valence-corrected chi connectivity index (χ1v) is 10.8. The number of nitrogens with one attached hydrogen (secondary N) is 3. The van der Waals surface area contributed by atoms with Gasteiger partial charge in [-0.1, -0.05) is 13.8 Å². The minimum atomic E-state index is -1.45. The lowest BCUT2D eigenvalue weighted by atomic mass is 10.0. The van der Waals surface area contributed by atoms with E-state index in [1.807, 2.05) is 0 Å². The quantitative estimate of drug-likeness (QED) is 0.124. The van der Waals surface area contributed by atoms with E-state index >= 15 is 0 Å².